The topological polar surface area (TPSA) is 57.6 Å². The summed E-state index contributed by atoms with van der Waals surface area (Å²) in [6, 6.07) is 26.4. The van der Waals surface area contributed by atoms with Gasteiger partial charge in [-0.25, -0.2) is 0 Å². The van der Waals surface area contributed by atoms with Crippen molar-refractivity contribution >= 4 is 60.0 Å². The number of ketones is 1. The third kappa shape index (κ3) is 4.03. The van der Waals surface area contributed by atoms with Gasteiger partial charge < -0.3 is 10.0 Å². The van der Waals surface area contributed by atoms with Crippen molar-refractivity contribution in [3.05, 3.63) is 111 Å². The molecule has 164 valence electrons. The maximum Gasteiger partial charge on any atom is 0.264 e. The molecule has 5 rings (SSSR count). The highest BCUT2D eigenvalue weighted by molar-refractivity contribution is 9.10. The maximum absolute atomic E-state index is 13.6. The van der Waals surface area contributed by atoms with Crippen LogP contribution < -0.4 is 4.90 Å². The molecule has 0 aromatic heterocycles. The standard InChI is InChI=1S/C27H19Br2NO3/c28-21-7-3-6-20(13-21)25(31)15-27(33)23-14-22(29)10-11-24(23)30(26(27)32)16-17-8-9-18-4-1-2-5-19(18)12-17/h1-14,33H,15-16H2. The summed E-state index contributed by atoms with van der Waals surface area (Å²) in [5, 5.41) is 13.8. The Hall–Kier alpha value is -2.80. The van der Waals surface area contributed by atoms with Crippen LogP contribution >= 0.6 is 31.9 Å². The number of aliphatic hydroxyl groups is 1. The second kappa shape index (κ2) is 8.52. The number of benzene rings is 4. The van der Waals surface area contributed by atoms with Crippen molar-refractivity contribution in [2.75, 3.05) is 4.90 Å². The Balaban J connectivity index is 1.51. The summed E-state index contributed by atoms with van der Waals surface area (Å²) in [6.45, 7) is 0.297. The van der Waals surface area contributed by atoms with Gasteiger partial charge in [0.2, 0.25) is 0 Å². The Morgan fingerprint density at radius 3 is 2.39 bits per heavy atom. The number of nitrogens with zero attached hydrogens (tertiary/aromatic N) is 1. The number of anilines is 1. The fraction of sp³-hybridized carbons (Fsp3) is 0.111. The monoisotopic (exact) mass is 563 g/mol. The predicted molar refractivity (Wildman–Crippen MR) is 136 cm³/mol. The Morgan fingerprint density at radius 1 is 0.848 bits per heavy atom. The summed E-state index contributed by atoms with van der Waals surface area (Å²) in [7, 11) is 0. The number of rotatable bonds is 5. The molecule has 4 aromatic rings. The van der Waals surface area contributed by atoms with Gasteiger partial charge in [-0.05, 0) is 52.7 Å². The summed E-state index contributed by atoms with van der Waals surface area (Å²) in [5.74, 6) is -0.794. The molecule has 0 fully saturated rings. The number of Topliss-reactive ketones (excluding diaryl/α,β-unsaturated/α-hetero) is 1. The Kier molecular flexibility index (Phi) is 5.69. The zero-order chi connectivity index (χ0) is 23.2. The van der Waals surface area contributed by atoms with Crippen LogP contribution in [0.25, 0.3) is 10.8 Å². The molecule has 0 saturated carbocycles. The molecule has 1 aliphatic heterocycles. The van der Waals surface area contributed by atoms with E-state index in [1.807, 2.05) is 54.6 Å². The molecular formula is C27H19Br2NO3. The maximum atomic E-state index is 13.6. The summed E-state index contributed by atoms with van der Waals surface area (Å²) in [4.78, 5) is 28.2. The lowest BCUT2D eigenvalue weighted by molar-refractivity contribution is -0.136. The van der Waals surface area contributed by atoms with E-state index in [1.165, 1.54) is 0 Å². The van der Waals surface area contributed by atoms with E-state index in [0.717, 1.165) is 25.3 Å². The van der Waals surface area contributed by atoms with Crippen LogP contribution in [0.3, 0.4) is 0 Å². The molecule has 1 unspecified atom stereocenters. The Labute approximate surface area is 208 Å². The van der Waals surface area contributed by atoms with Crippen molar-refractivity contribution in [2.24, 2.45) is 0 Å². The van der Waals surface area contributed by atoms with Crippen molar-refractivity contribution < 1.29 is 14.7 Å². The molecule has 1 amide bonds. The summed E-state index contributed by atoms with van der Waals surface area (Å²) < 4.78 is 1.49. The highest BCUT2D eigenvalue weighted by Gasteiger charge is 2.51. The predicted octanol–water partition coefficient (Wildman–Crippen LogP) is 6.37. The average molecular weight is 565 g/mol. The van der Waals surface area contributed by atoms with E-state index in [0.29, 0.717) is 23.4 Å². The zero-order valence-electron chi connectivity index (χ0n) is 17.5. The fourth-order valence-electron chi connectivity index (χ4n) is 4.37. The third-order valence-electron chi connectivity index (χ3n) is 6.01. The van der Waals surface area contributed by atoms with Gasteiger partial charge in [0, 0.05) is 20.1 Å². The van der Waals surface area contributed by atoms with Gasteiger partial charge in [-0.15, -0.1) is 0 Å². The molecule has 0 bridgehead atoms. The van der Waals surface area contributed by atoms with Gasteiger partial charge in [-0.1, -0.05) is 80.4 Å². The van der Waals surface area contributed by atoms with Crippen molar-refractivity contribution in [1.82, 2.24) is 0 Å². The van der Waals surface area contributed by atoms with E-state index in [-0.39, 0.29) is 12.2 Å². The van der Waals surface area contributed by atoms with E-state index in [2.05, 4.69) is 31.9 Å². The molecular weight excluding hydrogens is 546 g/mol. The van der Waals surface area contributed by atoms with Gasteiger partial charge >= 0.3 is 0 Å². The minimum Gasteiger partial charge on any atom is -0.375 e. The van der Waals surface area contributed by atoms with Crippen LogP contribution in [-0.4, -0.2) is 16.8 Å². The van der Waals surface area contributed by atoms with Gasteiger partial charge in [0.05, 0.1) is 18.7 Å². The van der Waals surface area contributed by atoms with Gasteiger partial charge in [-0.2, -0.15) is 0 Å². The van der Waals surface area contributed by atoms with E-state index >= 15 is 0 Å². The first-order valence-corrected chi connectivity index (χ1v) is 12.0. The van der Waals surface area contributed by atoms with Crippen LogP contribution in [0.5, 0.6) is 0 Å². The fourth-order valence-corrected chi connectivity index (χ4v) is 5.13. The molecule has 6 heteroatoms. The molecule has 4 aromatic carbocycles. The number of carbonyl (C=O) groups is 2. The van der Waals surface area contributed by atoms with E-state index < -0.39 is 11.5 Å². The number of halogens is 2. The van der Waals surface area contributed by atoms with Crippen LogP contribution in [0.1, 0.15) is 27.9 Å². The number of amides is 1. The first kappa shape index (κ1) is 22.0. The normalized spacial score (nSPS) is 17.4. The largest absolute Gasteiger partial charge is 0.375 e. The second-order valence-electron chi connectivity index (χ2n) is 8.20. The second-order valence-corrected chi connectivity index (χ2v) is 10.0. The molecule has 1 aliphatic rings. The van der Waals surface area contributed by atoms with Crippen molar-refractivity contribution in [3.8, 4) is 0 Å². The number of carbonyl (C=O) groups excluding carboxylic acids is 2. The first-order valence-electron chi connectivity index (χ1n) is 10.5. The first-order chi connectivity index (χ1) is 15.8. The number of fused-ring (bicyclic) bond motifs is 2. The lowest BCUT2D eigenvalue weighted by Gasteiger charge is -2.23. The van der Waals surface area contributed by atoms with Gasteiger partial charge in [0.15, 0.2) is 11.4 Å². The lowest BCUT2D eigenvalue weighted by atomic mass is 9.88. The van der Waals surface area contributed by atoms with E-state index in [4.69, 9.17) is 0 Å². The molecule has 1 atom stereocenters. The minimum absolute atomic E-state index is 0.297. The summed E-state index contributed by atoms with van der Waals surface area (Å²) in [6.07, 6.45) is -0.333. The van der Waals surface area contributed by atoms with E-state index in [1.54, 1.807) is 35.2 Å². The van der Waals surface area contributed by atoms with Gasteiger partial charge in [0.25, 0.3) is 5.91 Å². The van der Waals surface area contributed by atoms with Crippen LogP contribution in [0, 0.1) is 0 Å². The lowest BCUT2D eigenvalue weighted by Crippen LogP contribution is -2.41. The number of hydrogen-bond donors (Lipinski definition) is 1. The quantitative estimate of drug-likeness (QED) is 0.286. The molecule has 0 spiro atoms. The highest BCUT2D eigenvalue weighted by atomic mass is 79.9. The summed E-state index contributed by atoms with van der Waals surface area (Å²) >= 11 is 6.81. The Morgan fingerprint density at radius 2 is 1.61 bits per heavy atom. The highest BCUT2D eigenvalue weighted by Crippen LogP contribution is 2.45. The van der Waals surface area contributed by atoms with Gasteiger partial charge in [0.1, 0.15) is 0 Å². The third-order valence-corrected chi connectivity index (χ3v) is 7.00. The zero-order valence-corrected chi connectivity index (χ0v) is 20.6. The SMILES string of the molecule is O=C(CC1(O)C(=O)N(Cc2ccc3ccccc3c2)c2ccc(Br)cc21)c1cccc(Br)c1. The van der Waals surface area contributed by atoms with Crippen LogP contribution in [0.15, 0.2) is 93.9 Å². The van der Waals surface area contributed by atoms with Crippen LogP contribution in [0.4, 0.5) is 5.69 Å². The summed E-state index contributed by atoms with van der Waals surface area (Å²) in [5.41, 5.74) is 0.496. The van der Waals surface area contributed by atoms with E-state index in [9.17, 15) is 14.7 Å². The van der Waals surface area contributed by atoms with Crippen molar-refractivity contribution in [2.45, 2.75) is 18.6 Å². The molecule has 1 heterocycles. The van der Waals surface area contributed by atoms with Crippen LogP contribution in [-0.2, 0) is 16.9 Å². The molecule has 0 aliphatic carbocycles. The number of hydrogen-bond acceptors (Lipinski definition) is 3. The van der Waals surface area contributed by atoms with Gasteiger partial charge in [-0.3, -0.25) is 9.59 Å². The van der Waals surface area contributed by atoms with Crippen LogP contribution in [0.2, 0.25) is 0 Å². The molecule has 4 nitrogen and oxygen atoms in total. The average Bonchev–Trinajstić information content (AvgIpc) is 3.00. The molecule has 0 saturated heterocycles. The minimum atomic E-state index is -1.94. The molecule has 33 heavy (non-hydrogen) atoms. The molecule has 0 radical (unpaired) electrons. The van der Waals surface area contributed by atoms with Crippen molar-refractivity contribution in [3.63, 3.8) is 0 Å². The Bertz CT molecular complexity index is 1420. The smallest absolute Gasteiger partial charge is 0.264 e. The van der Waals surface area contributed by atoms with Crippen molar-refractivity contribution in [1.29, 1.82) is 0 Å². The molecule has 1 N–H and O–H groups in total.